The summed E-state index contributed by atoms with van der Waals surface area (Å²) < 4.78 is 0. The molecule has 0 aromatic rings. The Morgan fingerprint density at radius 2 is 2.05 bits per heavy atom. The van der Waals surface area contributed by atoms with E-state index < -0.39 is 0 Å². The summed E-state index contributed by atoms with van der Waals surface area (Å²) in [7, 11) is 0. The molecule has 19 heavy (non-hydrogen) atoms. The van der Waals surface area contributed by atoms with E-state index in [1.807, 2.05) is 0 Å². The monoisotopic (exact) mass is 266 g/mol. The second-order valence-corrected chi connectivity index (χ2v) is 7.27. The quantitative estimate of drug-likeness (QED) is 0.817. The number of nitrogens with one attached hydrogen (secondary N) is 1. The Morgan fingerprint density at radius 3 is 2.68 bits per heavy atom. The molecule has 2 heterocycles. The van der Waals surface area contributed by atoms with E-state index in [2.05, 4.69) is 31.0 Å². The first kappa shape index (κ1) is 15.3. The van der Waals surface area contributed by atoms with Crippen molar-refractivity contribution in [2.24, 2.45) is 11.8 Å². The minimum Gasteiger partial charge on any atom is -0.310 e. The number of nitrogens with zero attached hydrogens (tertiary/aromatic N) is 1. The summed E-state index contributed by atoms with van der Waals surface area (Å²) in [6.45, 7) is 12.3. The first-order valence-corrected chi connectivity index (χ1v) is 8.62. The van der Waals surface area contributed by atoms with Gasteiger partial charge < -0.3 is 10.2 Å². The van der Waals surface area contributed by atoms with E-state index >= 15 is 0 Å². The number of hydrogen-bond acceptors (Lipinski definition) is 2. The summed E-state index contributed by atoms with van der Waals surface area (Å²) in [5.41, 5.74) is 0.451. The highest BCUT2D eigenvalue weighted by atomic mass is 15.2. The molecule has 2 nitrogen and oxygen atoms in total. The van der Waals surface area contributed by atoms with Crippen molar-refractivity contribution in [2.75, 3.05) is 26.2 Å². The third-order valence-electron chi connectivity index (χ3n) is 5.40. The van der Waals surface area contributed by atoms with Crippen molar-refractivity contribution >= 4 is 0 Å². The van der Waals surface area contributed by atoms with E-state index in [-0.39, 0.29) is 0 Å². The van der Waals surface area contributed by atoms with Gasteiger partial charge in [0.2, 0.25) is 0 Å². The molecule has 0 saturated carbocycles. The molecule has 0 aromatic heterocycles. The highest BCUT2D eigenvalue weighted by Gasteiger charge is 2.34. The first-order chi connectivity index (χ1) is 9.15. The lowest BCUT2D eigenvalue weighted by Crippen LogP contribution is -2.50. The average Bonchev–Trinajstić information content (AvgIpc) is 2.68. The highest BCUT2D eigenvalue weighted by Crippen LogP contribution is 2.29. The Kier molecular flexibility index (Phi) is 5.70. The molecule has 2 fully saturated rings. The number of hydrogen-bond donors (Lipinski definition) is 1. The van der Waals surface area contributed by atoms with Crippen LogP contribution in [0.4, 0.5) is 0 Å². The second kappa shape index (κ2) is 7.08. The minimum absolute atomic E-state index is 0.451. The normalized spacial score (nSPS) is 33.8. The molecule has 0 amide bonds. The molecule has 1 N–H and O–H groups in total. The molecular formula is C17H34N2. The van der Waals surface area contributed by atoms with Crippen LogP contribution >= 0.6 is 0 Å². The van der Waals surface area contributed by atoms with Gasteiger partial charge in [-0.3, -0.25) is 0 Å². The summed E-state index contributed by atoms with van der Waals surface area (Å²) in [6.07, 6.45) is 9.72. The summed E-state index contributed by atoms with van der Waals surface area (Å²) in [6, 6.07) is 0. The zero-order valence-electron chi connectivity index (χ0n) is 13.4. The predicted molar refractivity (Wildman–Crippen MR) is 83.5 cm³/mol. The third kappa shape index (κ3) is 4.19. The van der Waals surface area contributed by atoms with Gasteiger partial charge in [0.25, 0.3) is 0 Å². The maximum absolute atomic E-state index is 3.83. The Labute approximate surface area is 120 Å². The van der Waals surface area contributed by atoms with Crippen LogP contribution in [0.5, 0.6) is 0 Å². The summed E-state index contributed by atoms with van der Waals surface area (Å²) in [5.74, 6) is 1.83. The van der Waals surface area contributed by atoms with Crippen LogP contribution in [0, 0.1) is 11.8 Å². The van der Waals surface area contributed by atoms with Gasteiger partial charge in [0.05, 0.1) is 0 Å². The fourth-order valence-electron chi connectivity index (χ4n) is 4.21. The fourth-order valence-corrected chi connectivity index (χ4v) is 4.21. The Hall–Kier alpha value is -0.0800. The van der Waals surface area contributed by atoms with Gasteiger partial charge in [0.1, 0.15) is 0 Å². The highest BCUT2D eigenvalue weighted by molar-refractivity contribution is 4.95. The maximum Gasteiger partial charge on any atom is 0.0309 e. The van der Waals surface area contributed by atoms with Crippen LogP contribution in [0.25, 0.3) is 0 Å². The third-order valence-corrected chi connectivity index (χ3v) is 5.40. The van der Waals surface area contributed by atoms with Gasteiger partial charge in [0.15, 0.2) is 0 Å². The molecule has 2 atom stereocenters. The van der Waals surface area contributed by atoms with Crippen LogP contribution in [0.15, 0.2) is 0 Å². The maximum atomic E-state index is 3.83. The van der Waals surface area contributed by atoms with E-state index in [4.69, 9.17) is 0 Å². The topological polar surface area (TPSA) is 15.3 Å². The molecule has 2 aliphatic rings. The molecule has 2 heteroatoms. The van der Waals surface area contributed by atoms with E-state index in [0.717, 1.165) is 11.8 Å². The second-order valence-electron chi connectivity index (χ2n) is 7.27. The Morgan fingerprint density at radius 1 is 1.21 bits per heavy atom. The molecule has 2 rings (SSSR count). The molecule has 0 spiro atoms. The van der Waals surface area contributed by atoms with Gasteiger partial charge >= 0.3 is 0 Å². The van der Waals surface area contributed by atoms with Crippen LogP contribution < -0.4 is 5.32 Å². The fraction of sp³-hybridized carbons (Fsp3) is 1.00. The molecule has 2 saturated heterocycles. The van der Waals surface area contributed by atoms with Gasteiger partial charge in [0, 0.05) is 12.1 Å². The summed E-state index contributed by atoms with van der Waals surface area (Å²) >= 11 is 0. The van der Waals surface area contributed by atoms with Crippen LogP contribution in [0.1, 0.15) is 65.7 Å². The molecule has 2 aliphatic heterocycles. The predicted octanol–water partition coefficient (Wildman–Crippen LogP) is 3.67. The smallest absolute Gasteiger partial charge is 0.0309 e. The van der Waals surface area contributed by atoms with Crippen molar-refractivity contribution < 1.29 is 0 Å². The molecule has 0 radical (unpaired) electrons. The standard InChI is InChI=1S/C17H34N2/c1-4-9-17(10-6-11-18-17)14-19-12-5-7-16(8-13-19)15(2)3/h15-16,18H,4-14H2,1-3H3. The lowest BCUT2D eigenvalue weighted by molar-refractivity contribution is 0.184. The van der Waals surface area contributed by atoms with Crippen molar-refractivity contribution in [2.45, 2.75) is 71.3 Å². The SMILES string of the molecule is CCCC1(CN2CCCC(C(C)C)CC2)CCCN1. The van der Waals surface area contributed by atoms with Gasteiger partial charge in [-0.1, -0.05) is 27.2 Å². The van der Waals surface area contributed by atoms with Crippen molar-refractivity contribution in [1.82, 2.24) is 10.2 Å². The van der Waals surface area contributed by atoms with Gasteiger partial charge in [-0.05, 0) is 70.0 Å². The lowest BCUT2D eigenvalue weighted by Gasteiger charge is -2.35. The van der Waals surface area contributed by atoms with E-state index in [0.29, 0.717) is 5.54 Å². The van der Waals surface area contributed by atoms with Gasteiger partial charge in [-0.15, -0.1) is 0 Å². The molecule has 0 aliphatic carbocycles. The van der Waals surface area contributed by atoms with Gasteiger partial charge in [-0.2, -0.15) is 0 Å². The zero-order valence-corrected chi connectivity index (χ0v) is 13.4. The minimum atomic E-state index is 0.451. The zero-order chi connectivity index (χ0) is 13.7. The lowest BCUT2D eigenvalue weighted by atomic mass is 9.89. The largest absolute Gasteiger partial charge is 0.310 e. The number of likely N-dealkylation sites (tertiary alicyclic amines) is 1. The van der Waals surface area contributed by atoms with Crippen LogP contribution in [-0.2, 0) is 0 Å². The molecule has 112 valence electrons. The molecule has 0 aromatic carbocycles. The Balaban J connectivity index is 1.87. The molecule has 0 bridgehead atoms. The van der Waals surface area contributed by atoms with Crippen LogP contribution in [0.3, 0.4) is 0 Å². The first-order valence-electron chi connectivity index (χ1n) is 8.62. The van der Waals surface area contributed by atoms with Crippen molar-refractivity contribution in [3.05, 3.63) is 0 Å². The van der Waals surface area contributed by atoms with Crippen LogP contribution in [0.2, 0.25) is 0 Å². The van der Waals surface area contributed by atoms with E-state index in [9.17, 15) is 0 Å². The van der Waals surface area contributed by atoms with Crippen molar-refractivity contribution in [1.29, 1.82) is 0 Å². The average molecular weight is 266 g/mol. The Bertz CT molecular complexity index is 256. The van der Waals surface area contributed by atoms with E-state index in [1.165, 1.54) is 71.1 Å². The van der Waals surface area contributed by atoms with Gasteiger partial charge in [-0.25, -0.2) is 0 Å². The van der Waals surface area contributed by atoms with E-state index in [1.54, 1.807) is 0 Å². The van der Waals surface area contributed by atoms with Crippen molar-refractivity contribution in [3.63, 3.8) is 0 Å². The van der Waals surface area contributed by atoms with Crippen molar-refractivity contribution in [3.8, 4) is 0 Å². The number of rotatable bonds is 5. The summed E-state index contributed by atoms with van der Waals surface area (Å²) in [5, 5.41) is 3.83. The summed E-state index contributed by atoms with van der Waals surface area (Å²) in [4.78, 5) is 2.76. The van der Waals surface area contributed by atoms with Crippen LogP contribution in [-0.4, -0.2) is 36.6 Å². The molecular weight excluding hydrogens is 232 g/mol. The molecule has 2 unspecified atom stereocenters.